The normalized spacial score (nSPS) is 12.7. The minimum atomic E-state index is -4.69. The van der Waals surface area contributed by atoms with Gasteiger partial charge in [0.15, 0.2) is 6.10 Å². The molecule has 0 heterocycles. The zero-order valence-corrected chi connectivity index (χ0v) is 18.1. The van der Waals surface area contributed by atoms with Crippen molar-refractivity contribution in [3.8, 4) is 5.75 Å². The molecule has 8 nitrogen and oxygen atoms in total. The van der Waals surface area contributed by atoms with Gasteiger partial charge in [-0.15, -0.1) is 0 Å². The van der Waals surface area contributed by atoms with Crippen LogP contribution in [0, 0.1) is 10.1 Å². The summed E-state index contributed by atoms with van der Waals surface area (Å²) in [6.07, 6.45) is -5.54. The maximum Gasteiger partial charge on any atom is 0.416 e. The van der Waals surface area contributed by atoms with Crippen LogP contribution in [0.4, 0.5) is 30.2 Å². The summed E-state index contributed by atoms with van der Waals surface area (Å²) in [6.45, 7) is 2.45. The number of nitrogens with zero attached hydrogens (tertiary/aromatic N) is 2. The Balaban J connectivity index is 2.02. The van der Waals surface area contributed by atoms with Crippen LogP contribution in [0.3, 0.4) is 0 Å². The van der Waals surface area contributed by atoms with Crippen molar-refractivity contribution in [3.05, 3.63) is 58.1 Å². The number of anilines is 2. The number of hydrogen-bond donors (Lipinski definition) is 1. The Morgan fingerprint density at radius 3 is 2.31 bits per heavy atom. The summed E-state index contributed by atoms with van der Waals surface area (Å²) in [5.41, 5.74) is -1.52. The van der Waals surface area contributed by atoms with E-state index in [9.17, 15) is 28.1 Å². The van der Waals surface area contributed by atoms with Gasteiger partial charge in [-0.1, -0.05) is 0 Å². The van der Waals surface area contributed by atoms with E-state index in [1.54, 1.807) is 6.92 Å². The third-order valence-corrected chi connectivity index (χ3v) is 4.31. The predicted molar refractivity (Wildman–Crippen MR) is 112 cm³/mol. The highest BCUT2D eigenvalue weighted by atomic mass is 19.4. The molecule has 0 aliphatic carbocycles. The number of benzene rings is 2. The summed E-state index contributed by atoms with van der Waals surface area (Å²) < 4.78 is 49.8. The smallest absolute Gasteiger partial charge is 0.416 e. The number of ether oxygens (including phenoxy) is 2. The second-order valence-electron chi connectivity index (χ2n) is 8.08. The first kappa shape index (κ1) is 24.9. The van der Waals surface area contributed by atoms with Crippen molar-refractivity contribution < 1.29 is 36.8 Å². The molecule has 0 aromatic heterocycles. The van der Waals surface area contributed by atoms with E-state index in [2.05, 4.69) is 5.32 Å². The average Bonchev–Trinajstić information content (AvgIpc) is 2.67. The van der Waals surface area contributed by atoms with Crippen LogP contribution in [0.5, 0.6) is 5.75 Å². The van der Waals surface area contributed by atoms with Gasteiger partial charge in [-0.25, -0.2) is 4.79 Å². The van der Waals surface area contributed by atoms with E-state index in [-0.39, 0.29) is 12.3 Å². The third-order valence-electron chi connectivity index (χ3n) is 4.31. The van der Waals surface area contributed by atoms with Crippen LogP contribution in [0.2, 0.25) is 0 Å². The summed E-state index contributed by atoms with van der Waals surface area (Å²) in [5, 5.41) is 13.9. The van der Waals surface area contributed by atoms with Gasteiger partial charge in [0.05, 0.1) is 31.6 Å². The summed E-state index contributed by atoms with van der Waals surface area (Å²) >= 11 is 0. The number of nitro benzene ring substituents is 1. The summed E-state index contributed by atoms with van der Waals surface area (Å²) in [4.78, 5) is 22.3. The number of halogens is 3. The van der Waals surface area contributed by atoms with Gasteiger partial charge in [-0.05, 0) is 43.3 Å². The maximum atomic E-state index is 12.8. The highest BCUT2D eigenvalue weighted by Crippen LogP contribution is 2.36. The van der Waals surface area contributed by atoms with Crippen LogP contribution in [0.15, 0.2) is 42.5 Å². The van der Waals surface area contributed by atoms with Crippen molar-refractivity contribution in [1.82, 2.24) is 0 Å². The van der Waals surface area contributed by atoms with E-state index < -0.39 is 34.4 Å². The minimum absolute atomic E-state index is 0.0918. The van der Waals surface area contributed by atoms with Crippen molar-refractivity contribution in [2.75, 3.05) is 39.6 Å². The molecule has 0 amide bonds. The Morgan fingerprint density at radius 1 is 1.16 bits per heavy atom. The lowest BCUT2D eigenvalue weighted by atomic mass is 10.1. The molecule has 0 aliphatic heterocycles. The van der Waals surface area contributed by atoms with Gasteiger partial charge in [-0.3, -0.25) is 10.1 Å². The first-order valence-electron chi connectivity index (χ1n) is 9.63. The summed E-state index contributed by atoms with van der Waals surface area (Å²) in [6, 6.07) is 8.32. The van der Waals surface area contributed by atoms with E-state index in [1.807, 2.05) is 21.1 Å². The molecule has 0 aliphatic rings. The number of carbonyl (C=O) groups excluding carboxylic acids is 1. The molecule has 0 radical (unpaired) electrons. The molecule has 11 heteroatoms. The molecular weight excluding hydrogens is 431 g/mol. The topological polar surface area (TPSA) is 90.7 Å². The highest BCUT2D eigenvalue weighted by molar-refractivity contribution is 5.75. The lowest BCUT2D eigenvalue weighted by molar-refractivity contribution is -0.870. The molecule has 1 unspecified atom stereocenters. The lowest BCUT2D eigenvalue weighted by Gasteiger charge is -2.23. The predicted octanol–water partition coefficient (Wildman–Crippen LogP) is 4.37. The van der Waals surface area contributed by atoms with Gasteiger partial charge in [0.25, 0.3) is 5.69 Å². The first-order valence-corrected chi connectivity index (χ1v) is 9.63. The Morgan fingerprint density at radius 2 is 1.78 bits per heavy atom. The fraction of sp³-hybridized carbons (Fsp3) is 0.381. The summed E-state index contributed by atoms with van der Waals surface area (Å²) in [7, 11) is 5.92. The molecule has 0 saturated heterocycles. The van der Waals surface area contributed by atoms with Crippen molar-refractivity contribution in [2.24, 2.45) is 0 Å². The van der Waals surface area contributed by atoms with E-state index in [0.29, 0.717) is 28.5 Å². The van der Waals surface area contributed by atoms with E-state index in [1.165, 1.54) is 24.3 Å². The number of rotatable bonds is 9. The molecule has 1 N–H and O–H groups in total. The van der Waals surface area contributed by atoms with E-state index in [0.717, 1.165) is 12.1 Å². The number of nitro groups is 1. The molecule has 174 valence electrons. The third kappa shape index (κ3) is 7.41. The SMILES string of the molecule is CC(Oc1ccc(Nc2ccc(C(F)(F)F)cc2[N+](=O)[O-])cc1)C(=O)OCC[N+](C)(C)C. The number of carbonyl (C=O) groups is 1. The van der Waals surface area contributed by atoms with Crippen molar-refractivity contribution in [3.63, 3.8) is 0 Å². The number of hydrogen-bond acceptors (Lipinski definition) is 6. The molecule has 32 heavy (non-hydrogen) atoms. The fourth-order valence-corrected chi connectivity index (χ4v) is 2.53. The Hall–Kier alpha value is -3.34. The first-order chi connectivity index (χ1) is 14.8. The van der Waals surface area contributed by atoms with E-state index in [4.69, 9.17) is 9.47 Å². The van der Waals surface area contributed by atoms with Crippen LogP contribution in [-0.4, -0.2) is 55.8 Å². The molecule has 0 bridgehead atoms. The van der Waals surface area contributed by atoms with Gasteiger partial charge < -0.3 is 19.3 Å². The number of esters is 1. The molecular formula is C21H25F3N3O5+. The van der Waals surface area contributed by atoms with Gasteiger partial charge in [0.2, 0.25) is 0 Å². The quantitative estimate of drug-likeness (QED) is 0.261. The highest BCUT2D eigenvalue weighted by Gasteiger charge is 2.33. The Kier molecular flexibility index (Phi) is 7.68. The molecule has 0 saturated carbocycles. The molecule has 2 aromatic carbocycles. The summed E-state index contributed by atoms with van der Waals surface area (Å²) in [5.74, 6) is -0.158. The maximum absolute atomic E-state index is 12.8. The van der Waals surface area contributed by atoms with Gasteiger partial charge in [-0.2, -0.15) is 13.2 Å². The van der Waals surface area contributed by atoms with Gasteiger partial charge in [0, 0.05) is 11.8 Å². The Bertz CT molecular complexity index is 957. The molecule has 2 rings (SSSR count). The zero-order chi connectivity index (χ0) is 24.1. The van der Waals surface area contributed by atoms with Crippen LogP contribution < -0.4 is 10.1 Å². The van der Waals surface area contributed by atoms with Crippen LogP contribution in [-0.2, 0) is 15.7 Å². The van der Waals surface area contributed by atoms with Crippen LogP contribution in [0.25, 0.3) is 0 Å². The van der Waals surface area contributed by atoms with Crippen molar-refractivity contribution in [2.45, 2.75) is 19.2 Å². The number of nitrogens with one attached hydrogen (secondary N) is 1. The van der Waals surface area contributed by atoms with Gasteiger partial charge >= 0.3 is 12.1 Å². The largest absolute Gasteiger partial charge is 0.479 e. The second kappa shape index (κ2) is 9.86. The van der Waals surface area contributed by atoms with E-state index >= 15 is 0 Å². The molecule has 0 fully saturated rings. The molecule has 0 spiro atoms. The Labute approximate surface area is 183 Å². The number of quaternary nitrogens is 1. The zero-order valence-electron chi connectivity index (χ0n) is 18.1. The molecule has 2 aromatic rings. The average molecular weight is 456 g/mol. The number of alkyl halides is 3. The van der Waals surface area contributed by atoms with Gasteiger partial charge in [0.1, 0.15) is 24.6 Å². The molecule has 1 atom stereocenters. The minimum Gasteiger partial charge on any atom is -0.479 e. The standard InChI is InChI=1S/C21H25F3N3O5/c1-14(20(28)31-12-11-27(2,3)4)32-17-8-6-16(7-9-17)25-18-10-5-15(21(22,23)24)13-19(18)26(29)30/h5-10,13-14,25H,11-12H2,1-4H3/q+1. The van der Waals surface area contributed by atoms with Crippen LogP contribution >= 0.6 is 0 Å². The van der Waals surface area contributed by atoms with Crippen molar-refractivity contribution >= 4 is 23.0 Å². The second-order valence-corrected chi connectivity index (χ2v) is 8.08. The van der Waals surface area contributed by atoms with Crippen LogP contribution in [0.1, 0.15) is 12.5 Å². The lowest BCUT2D eigenvalue weighted by Crippen LogP contribution is -2.39. The van der Waals surface area contributed by atoms with Crippen molar-refractivity contribution in [1.29, 1.82) is 0 Å². The monoisotopic (exact) mass is 456 g/mol. The number of likely N-dealkylation sites (N-methyl/N-ethyl adjacent to an activating group) is 1. The fourth-order valence-electron chi connectivity index (χ4n) is 2.53.